The van der Waals surface area contributed by atoms with E-state index in [-0.39, 0.29) is 0 Å². The van der Waals surface area contributed by atoms with Crippen LogP contribution in [0.2, 0.25) is 0 Å². The molecule has 4 aromatic rings. The van der Waals surface area contributed by atoms with Crippen molar-refractivity contribution in [3.63, 3.8) is 0 Å². The predicted octanol–water partition coefficient (Wildman–Crippen LogP) is 3.75. The molecule has 5 heteroatoms. The molecule has 0 spiro atoms. The summed E-state index contributed by atoms with van der Waals surface area (Å²) >= 11 is 1.57. The van der Waals surface area contributed by atoms with Gasteiger partial charge < -0.3 is 0 Å². The third-order valence-corrected chi connectivity index (χ3v) is 4.47. The second-order valence-corrected chi connectivity index (χ2v) is 6.21. The van der Waals surface area contributed by atoms with E-state index >= 15 is 0 Å². The molecule has 108 valence electrons. The molecule has 0 saturated heterocycles. The number of hydrogen-bond acceptors (Lipinski definition) is 4. The number of rotatable bonds is 3. The van der Waals surface area contributed by atoms with Crippen LogP contribution in [0, 0.1) is 6.92 Å². The Morgan fingerprint density at radius 1 is 1.00 bits per heavy atom. The summed E-state index contributed by atoms with van der Waals surface area (Å²) in [7, 11) is 0. The first-order chi connectivity index (χ1) is 10.8. The van der Waals surface area contributed by atoms with Crippen molar-refractivity contribution in [1.82, 2.24) is 19.8 Å². The molecule has 22 heavy (non-hydrogen) atoms. The number of fused-ring (bicyclic) bond motifs is 1. The van der Waals surface area contributed by atoms with Gasteiger partial charge in [0, 0.05) is 12.0 Å². The molecule has 4 nitrogen and oxygen atoms in total. The first kappa shape index (κ1) is 13.2. The Kier molecular flexibility index (Phi) is 3.20. The topological polar surface area (TPSA) is 43.1 Å². The monoisotopic (exact) mass is 306 g/mol. The number of aromatic nitrogens is 4. The molecule has 0 aliphatic heterocycles. The van der Waals surface area contributed by atoms with Crippen molar-refractivity contribution in [1.29, 1.82) is 0 Å². The van der Waals surface area contributed by atoms with Gasteiger partial charge in [-0.1, -0.05) is 65.4 Å². The fourth-order valence-electron chi connectivity index (χ4n) is 2.44. The molecule has 0 atom stereocenters. The van der Waals surface area contributed by atoms with Gasteiger partial charge in [0.05, 0.1) is 0 Å². The summed E-state index contributed by atoms with van der Waals surface area (Å²) in [4.78, 5) is 0.836. The van der Waals surface area contributed by atoms with Gasteiger partial charge in [0.25, 0.3) is 0 Å². The maximum Gasteiger partial charge on any atom is 0.234 e. The molecule has 2 aromatic heterocycles. The highest BCUT2D eigenvalue weighted by Gasteiger charge is 2.13. The third kappa shape index (κ3) is 2.40. The van der Waals surface area contributed by atoms with Crippen molar-refractivity contribution >= 4 is 16.3 Å². The van der Waals surface area contributed by atoms with Crippen molar-refractivity contribution in [3.05, 3.63) is 71.5 Å². The Bertz CT molecular complexity index is 924. The predicted molar refractivity (Wildman–Crippen MR) is 88.1 cm³/mol. The summed E-state index contributed by atoms with van der Waals surface area (Å²) in [6.45, 7) is 2.09. The summed E-state index contributed by atoms with van der Waals surface area (Å²) in [5.41, 5.74) is 3.57. The maximum atomic E-state index is 4.69. The summed E-state index contributed by atoms with van der Waals surface area (Å²) in [5, 5.41) is 14.2. The van der Waals surface area contributed by atoms with Gasteiger partial charge in [0.2, 0.25) is 4.96 Å². The molecule has 2 heterocycles. The number of benzene rings is 2. The molecule has 0 saturated carbocycles. The van der Waals surface area contributed by atoms with Crippen LogP contribution in [0.3, 0.4) is 0 Å². The van der Waals surface area contributed by atoms with Gasteiger partial charge in [-0.05, 0) is 18.6 Å². The fraction of sp³-hybridized carbons (Fsp3) is 0.118. The normalized spacial score (nSPS) is 11.1. The van der Waals surface area contributed by atoms with E-state index in [1.165, 1.54) is 11.1 Å². The van der Waals surface area contributed by atoms with Crippen LogP contribution in [0.15, 0.2) is 54.6 Å². The largest absolute Gasteiger partial charge is 0.234 e. The van der Waals surface area contributed by atoms with Crippen LogP contribution in [0.5, 0.6) is 0 Å². The Labute approximate surface area is 132 Å². The van der Waals surface area contributed by atoms with Gasteiger partial charge in [0.1, 0.15) is 5.01 Å². The Balaban J connectivity index is 1.73. The highest BCUT2D eigenvalue weighted by molar-refractivity contribution is 7.19. The summed E-state index contributed by atoms with van der Waals surface area (Å²) < 4.78 is 1.86. The van der Waals surface area contributed by atoms with Gasteiger partial charge in [-0.3, -0.25) is 0 Å². The Hall–Kier alpha value is -2.53. The molecule has 0 radical (unpaired) electrons. The zero-order valence-corrected chi connectivity index (χ0v) is 12.9. The van der Waals surface area contributed by atoms with Gasteiger partial charge >= 0.3 is 0 Å². The Morgan fingerprint density at radius 2 is 1.86 bits per heavy atom. The minimum atomic E-state index is 0.735. The molecular weight excluding hydrogens is 292 g/mol. The van der Waals surface area contributed by atoms with E-state index in [0.29, 0.717) is 0 Å². The average Bonchev–Trinajstić information content (AvgIpc) is 3.11. The first-order valence-corrected chi connectivity index (χ1v) is 7.93. The van der Waals surface area contributed by atoms with Crippen LogP contribution in [0.25, 0.3) is 15.5 Å². The van der Waals surface area contributed by atoms with E-state index in [1.807, 2.05) is 22.7 Å². The van der Waals surface area contributed by atoms with E-state index in [0.717, 1.165) is 27.8 Å². The number of nitrogens with zero attached hydrogens (tertiary/aromatic N) is 4. The van der Waals surface area contributed by atoms with Crippen LogP contribution in [-0.4, -0.2) is 19.8 Å². The van der Waals surface area contributed by atoms with E-state index < -0.39 is 0 Å². The smallest absolute Gasteiger partial charge is 0.187 e. The van der Waals surface area contributed by atoms with E-state index in [1.54, 1.807) is 11.3 Å². The zero-order chi connectivity index (χ0) is 14.9. The van der Waals surface area contributed by atoms with Gasteiger partial charge in [0.15, 0.2) is 5.82 Å². The summed E-state index contributed by atoms with van der Waals surface area (Å²) in [5.74, 6) is 0.872. The molecule has 0 amide bonds. The quantitative estimate of drug-likeness (QED) is 0.579. The van der Waals surface area contributed by atoms with Crippen molar-refractivity contribution in [2.75, 3.05) is 0 Å². The molecule has 0 bridgehead atoms. The fourth-order valence-corrected chi connectivity index (χ4v) is 3.30. The standard InChI is InChI=1S/C17H14N4S/c1-12-6-5-9-14(10-12)16-20-21-15(18-19-17(21)22-16)11-13-7-3-2-4-8-13/h2-10H,11H2,1H3. The lowest BCUT2D eigenvalue weighted by atomic mass is 10.1. The Morgan fingerprint density at radius 3 is 2.68 bits per heavy atom. The minimum Gasteiger partial charge on any atom is -0.187 e. The van der Waals surface area contributed by atoms with Crippen LogP contribution in [0.1, 0.15) is 17.0 Å². The molecule has 0 N–H and O–H groups in total. The van der Waals surface area contributed by atoms with Crippen molar-refractivity contribution < 1.29 is 0 Å². The lowest BCUT2D eigenvalue weighted by Gasteiger charge is -1.98. The molecule has 4 rings (SSSR count). The second kappa shape index (κ2) is 5.35. The van der Waals surface area contributed by atoms with Crippen LogP contribution >= 0.6 is 11.3 Å². The van der Waals surface area contributed by atoms with Gasteiger partial charge in [-0.15, -0.1) is 10.2 Å². The molecule has 0 fully saturated rings. The highest BCUT2D eigenvalue weighted by atomic mass is 32.1. The van der Waals surface area contributed by atoms with Gasteiger partial charge in [-0.25, -0.2) is 0 Å². The maximum absolute atomic E-state index is 4.69. The van der Waals surface area contributed by atoms with E-state index in [9.17, 15) is 0 Å². The molecule has 2 aromatic carbocycles. The van der Waals surface area contributed by atoms with E-state index in [4.69, 9.17) is 5.10 Å². The van der Waals surface area contributed by atoms with Crippen molar-refractivity contribution in [3.8, 4) is 10.6 Å². The summed E-state index contributed by atoms with van der Waals surface area (Å²) in [6.07, 6.45) is 0.735. The number of hydrogen-bond donors (Lipinski definition) is 0. The zero-order valence-electron chi connectivity index (χ0n) is 12.1. The molecule has 0 unspecified atom stereocenters. The lowest BCUT2D eigenvalue weighted by Crippen LogP contribution is -1.97. The SMILES string of the molecule is Cc1cccc(-c2nn3c(Cc4ccccc4)nnc3s2)c1. The first-order valence-electron chi connectivity index (χ1n) is 7.12. The third-order valence-electron chi connectivity index (χ3n) is 3.53. The summed E-state index contributed by atoms with van der Waals surface area (Å²) in [6, 6.07) is 18.6. The lowest BCUT2D eigenvalue weighted by molar-refractivity contribution is 0.854. The molecule has 0 aliphatic rings. The van der Waals surface area contributed by atoms with Crippen molar-refractivity contribution in [2.24, 2.45) is 0 Å². The van der Waals surface area contributed by atoms with Crippen LogP contribution in [-0.2, 0) is 6.42 Å². The van der Waals surface area contributed by atoms with Gasteiger partial charge in [-0.2, -0.15) is 9.61 Å². The van der Waals surface area contributed by atoms with Crippen LogP contribution in [0.4, 0.5) is 0 Å². The molecule has 0 aliphatic carbocycles. The highest BCUT2D eigenvalue weighted by Crippen LogP contribution is 2.26. The molecular formula is C17H14N4S. The second-order valence-electron chi connectivity index (χ2n) is 5.25. The van der Waals surface area contributed by atoms with E-state index in [2.05, 4.69) is 53.5 Å². The van der Waals surface area contributed by atoms with Crippen molar-refractivity contribution in [2.45, 2.75) is 13.3 Å². The van der Waals surface area contributed by atoms with Crippen LogP contribution < -0.4 is 0 Å². The number of aryl methyl sites for hydroxylation is 1. The average molecular weight is 306 g/mol. The minimum absolute atomic E-state index is 0.735.